The van der Waals surface area contributed by atoms with Crippen LogP contribution in [0.2, 0.25) is 5.15 Å². The van der Waals surface area contributed by atoms with Gasteiger partial charge in [-0.05, 0) is 42.8 Å². The first-order valence-electron chi connectivity index (χ1n) is 10.9. The summed E-state index contributed by atoms with van der Waals surface area (Å²) in [6, 6.07) is 10.5. The summed E-state index contributed by atoms with van der Waals surface area (Å²) in [4.78, 5) is 51.3. The maximum atomic E-state index is 13.8. The van der Waals surface area contributed by atoms with Crippen LogP contribution in [0.25, 0.3) is 5.57 Å². The van der Waals surface area contributed by atoms with Crippen molar-refractivity contribution < 1.29 is 14.4 Å². The molecule has 168 valence electrons. The lowest BCUT2D eigenvalue weighted by Gasteiger charge is -2.30. The molecule has 9 heteroatoms. The number of pyridine rings is 1. The number of aromatic nitrogens is 1. The molecule has 2 fully saturated rings. The van der Waals surface area contributed by atoms with Crippen molar-refractivity contribution in [3.8, 4) is 0 Å². The van der Waals surface area contributed by atoms with Gasteiger partial charge in [0.2, 0.25) is 5.91 Å². The Morgan fingerprint density at radius 2 is 1.85 bits per heavy atom. The summed E-state index contributed by atoms with van der Waals surface area (Å²) < 4.78 is 0. The van der Waals surface area contributed by atoms with Crippen molar-refractivity contribution in [1.82, 2.24) is 9.88 Å². The van der Waals surface area contributed by atoms with E-state index >= 15 is 0 Å². The summed E-state index contributed by atoms with van der Waals surface area (Å²) in [5, 5.41) is 0.726. The Hall–Kier alpha value is -2.97. The van der Waals surface area contributed by atoms with Crippen molar-refractivity contribution in [2.45, 2.75) is 45.1 Å². The van der Waals surface area contributed by atoms with Crippen LogP contribution in [-0.4, -0.2) is 38.8 Å². The Morgan fingerprint density at radius 1 is 1.09 bits per heavy atom. The van der Waals surface area contributed by atoms with E-state index in [0.717, 1.165) is 48.8 Å². The Balaban J connectivity index is 1.66. The highest BCUT2D eigenvalue weighted by Crippen LogP contribution is 2.46. The van der Waals surface area contributed by atoms with Crippen molar-refractivity contribution in [2.24, 2.45) is 4.99 Å². The SMILES string of the molecule is CC(=O)N1C(=O)/C(=C2\SC(=Nc3cccnc3Cl)N(C3CCCCC3)C2=O)c2ccccc21. The molecule has 1 saturated carbocycles. The summed E-state index contributed by atoms with van der Waals surface area (Å²) in [5.41, 5.74) is 1.79. The average Bonchev–Trinajstić information content (AvgIpc) is 3.28. The molecule has 1 aromatic carbocycles. The fraction of sp³-hybridized carbons (Fsp3) is 0.292. The molecule has 33 heavy (non-hydrogen) atoms. The van der Waals surface area contributed by atoms with Crippen molar-refractivity contribution in [3.63, 3.8) is 0 Å². The number of anilines is 1. The molecule has 3 heterocycles. The third-order valence-corrected chi connectivity index (χ3v) is 7.43. The zero-order valence-electron chi connectivity index (χ0n) is 18.0. The molecule has 0 N–H and O–H groups in total. The minimum absolute atomic E-state index is 0.00158. The molecule has 0 atom stereocenters. The zero-order chi connectivity index (χ0) is 23.1. The summed E-state index contributed by atoms with van der Waals surface area (Å²) >= 11 is 7.40. The molecule has 1 aliphatic carbocycles. The van der Waals surface area contributed by atoms with Gasteiger partial charge in [-0.1, -0.05) is 49.1 Å². The van der Waals surface area contributed by atoms with Crippen molar-refractivity contribution in [1.29, 1.82) is 0 Å². The molecule has 2 aliphatic heterocycles. The lowest BCUT2D eigenvalue weighted by molar-refractivity contribution is -0.125. The van der Waals surface area contributed by atoms with Crippen LogP contribution in [0.3, 0.4) is 0 Å². The van der Waals surface area contributed by atoms with Crippen LogP contribution in [0.4, 0.5) is 11.4 Å². The van der Waals surface area contributed by atoms with Gasteiger partial charge in [0.05, 0.1) is 16.2 Å². The second kappa shape index (κ2) is 8.76. The number of hydrogen-bond donors (Lipinski definition) is 0. The number of carbonyl (C=O) groups is 3. The van der Waals surface area contributed by atoms with E-state index < -0.39 is 11.8 Å². The third-order valence-electron chi connectivity index (χ3n) is 6.08. The molecule has 1 aromatic heterocycles. The standard InChI is InChI=1S/C24H21ClN4O3S/c1-14(30)28-18-12-6-5-10-16(18)19(22(28)31)20-23(32)29(15-8-3-2-4-9-15)24(33-20)27-17-11-7-13-26-21(17)25/h5-7,10-13,15H,2-4,8-9H2,1H3/b20-19-,27-24?. The number of amidine groups is 1. The summed E-state index contributed by atoms with van der Waals surface area (Å²) in [5.74, 6) is -1.13. The van der Waals surface area contributed by atoms with E-state index in [1.165, 1.54) is 6.92 Å². The Labute approximate surface area is 200 Å². The minimum atomic E-state index is -0.483. The molecule has 5 rings (SSSR count). The van der Waals surface area contributed by atoms with Crippen LogP contribution < -0.4 is 4.90 Å². The summed E-state index contributed by atoms with van der Waals surface area (Å²) in [7, 11) is 0. The first-order valence-corrected chi connectivity index (χ1v) is 12.1. The summed E-state index contributed by atoms with van der Waals surface area (Å²) in [6.45, 7) is 1.34. The van der Waals surface area contributed by atoms with Crippen LogP contribution in [0.5, 0.6) is 0 Å². The fourth-order valence-electron chi connectivity index (χ4n) is 4.59. The average molecular weight is 481 g/mol. The highest BCUT2D eigenvalue weighted by atomic mass is 35.5. The third kappa shape index (κ3) is 3.77. The van der Waals surface area contributed by atoms with Gasteiger partial charge in [-0.2, -0.15) is 0 Å². The number of benzene rings is 1. The van der Waals surface area contributed by atoms with Gasteiger partial charge in [-0.25, -0.2) is 14.9 Å². The number of thioether (sulfide) groups is 1. The normalized spacial score (nSPS) is 22.4. The molecule has 2 aromatic rings. The van der Waals surface area contributed by atoms with Gasteiger partial charge in [0.1, 0.15) is 5.69 Å². The molecule has 1 saturated heterocycles. The fourth-order valence-corrected chi connectivity index (χ4v) is 5.89. The summed E-state index contributed by atoms with van der Waals surface area (Å²) in [6.07, 6.45) is 6.53. The van der Waals surface area contributed by atoms with Gasteiger partial charge < -0.3 is 0 Å². The van der Waals surface area contributed by atoms with Crippen molar-refractivity contribution in [2.75, 3.05) is 4.90 Å². The molecular formula is C24H21ClN4O3S. The maximum Gasteiger partial charge on any atom is 0.267 e. The van der Waals surface area contributed by atoms with Crippen LogP contribution in [0, 0.1) is 0 Å². The van der Waals surface area contributed by atoms with Crippen molar-refractivity contribution in [3.05, 3.63) is 58.2 Å². The number of nitrogens with zero attached hydrogens (tertiary/aromatic N) is 4. The Morgan fingerprint density at radius 3 is 2.58 bits per heavy atom. The monoisotopic (exact) mass is 480 g/mol. The van der Waals surface area contributed by atoms with Crippen LogP contribution >= 0.6 is 23.4 Å². The molecule has 0 bridgehead atoms. The number of aliphatic imine (C=N–C) groups is 1. The van der Waals surface area contributed by atoms with E-state index in [-0.39, 0.29) is 22.7 Å². The van der Waals surface area contributed by atoms with Gasteiger partial charge in [-0.3, -0.25) is 19.3 Å². The number of carbonyl (C=O) groups excluding carboxylic acids is 3. The number of fused-ring (bicyclic) bond motifs is 1. The highest BCUT2D eigenvalue weighted by Gasteiger charge is 2.45. The number of halogens is 1. The van der Waals surface area contributed by atoms with Gasteiger partial charge in [0.25, 0.3) is 11.8 Å². The minimum Gasteiger partial charge on any atom is -0.283 e. The van der Waals surface area contributed by atoms with Gasteiger partial charge in [-0.15, -0.1) is 0 Å². The smallest absolute Gasteiger partial charge is 0.267 e. The number of imide groups is 1. The molecular weight excluding hydrogens is 460 g/mol. The number of rotatable bonds is 2. The largest absolute Gasteiger partial charge is 0.283 e. The molecule has 3 aliphatic rings. The molecule has 0 radical (unpaired) electrons. The van der Waals surface area contributed by atoms with E-state index in [0.29, 0.717) is 27.0 Å². The predicted octanol–water partition coefficient (Wildman–Crippen LogP) is 4.94. The lowest BCUT2D eigenvalue weighted by atomic mass is 9.94. The second-order valence-corrected chi connectivity index (χ2v) is 9.49. The number of amides is 3. The molecule has 0 unspecified atom stereocenters. The molecule has 7 nitrogen and oxygen atoms in total. The van der Waals surface area contributed by atoms with Crippen molar-refractivity contribution >= 4 is 63.2 Å². The first-order chi connectivity index (χ1) is 16.0. The van der Waals surface area contributed by atoms with Crippen LogP contribution in [-0.2, 0) is 14.4 Å². The van der Waals surface area contributed by atoms with E-state index in [1.54, 1.807) is 47.5 Å². The lowest BCUT2D eigenvalue weighted by Crippen LogP contribution is -2.40. The van der Waals surface area contributed by atoms with Crippen LogP contribution in [0.1, 0.15) is 44.6 Å². The van der Waals surface area contributed by atoms with E-state index in [1.807, 2.05) is 0 Å². The molecule has 3 amide bonds. The van der Waals surface area contributed by atoms with E-state index in [4.69, 9.17) is 11.6 Å². The topological polar surface area (TPSA) is 82.9 Å². The number of hydrogen-bond acceptors (Lipinski definition) is 6. The van der Waals surface area contributed by atoms with E-state index in [2.05, 4.69) is 9.98 Å². The Bertz CT molecular complexity index is 1240. The van der Waals surface area contributed by atoms with Gasteiger partial charge in [0.15, 0.2) is 10.3 Å². The van der Waals surface area contributed by atoms with Gasteiger partial charge >= 0.3 is 0 Å². The Kier molecular flexibility index (Phi) is 5.80. The van der Waals surface area contributed by atoms with Gasteiger partial charge in [0, 0.05) is 24.7 Å². The quantitative estimate of drug-likeness (QED) is 0.449. The van der Waals surface area contributed by atoms with E-state index in [9.17, 15) is 14.4 Å². The first kappa shape index (κ1) is 21.9. The van der Waals surface area contributed by atoms with Crippen LogP contribution in [0.15, 0.2) is 52.5 Å². The highest BCUT2D eigenvalue weighted by molar-refractivity contribution is 8.18. The zero-order valence-corrected chi connectivity index (χ0v) is 19.5. The maximum absolute atomic E-state index is 13.8. The second-order valence-electron chi connectivity index (χ2n) is 8.16. The molecule has 0 spiro atoms. The predicted molar refractivity (Wildman–Crippen MR) is 129 cm³/mol. The number of para-hydroxylation sites is 1.